The van der Waals surface area contributed by atoms with Crippen LogP contribution >= 0.6 is 28.1 Å². The second kappa shape index (κ2) is 5.97. The van der Waals surface area contributed by atoms with Crippen LogP contribution in [0.5, 0.6) is 0 Å². The quantitative estimate of drug-likeness (QED) is 0.676. The van der Waals surface area contributed by atoms with E-state index < -0.39 is 0 Å². The Labute approximate surface area is 114 Å². The van der Waals surface area contributed by atoms with Gasteiger partial charge in [0.25, 0.3) is 0 Å². The maximum atomic E-state index is 11.1. The van der Waals surface area contributed by atoms with Gasteiger partial charge in [-0.25, -0.2) is 0 Å². The minimum Gasteiger partial charge on any atom is -0.468 e. The third-order valence-electron chi connectivity index (χ3n) is 2.25. The van der Waals surface area contributed by atoms with Crippen LogP contribution in [0.4, 0.5) is 5.69 Å². The number of hydrogen-bond donors (Lipinski definition) is 1. The molecule has 0 aliphatic rings. The molecule has 2 N–H and O–H groups in total. The Hall–Kier alpha value is -1.14. The number of thiocarbonyl (C=S) groups is 1. The number of likely N-dealkylation sites (N-methyl/N-ethyl adjacent to an activating group) is 1. The van der Waals surface area contributed by atoms with E-state index in [-0.39, 0.29) is 12.5 Å². The molecule has 0 atom stereocenters. The highest BCUT2D eigenvalue weighted by Gasteiger charge is 2.10. The number of nitrogens with zero attached hydrogens (tertiary/aromatic N) is 1. The van der Waals surface area contributed by atoms with E-state index in [1.54, 1.807) is 11.9 Å². The van der Waals surface area contributed by atoms with E-state index in [1.807, 2.05) is 18.2 Å². The molecule has 6 heteroatoms. The van der Waals surface area contributed by atoms with Gasteiger partial charge < -0.3 is 15.4 Å². The van der Waals surface area contributed by atoms with Crippen LogP contribution in [-0.2, 0) is 9.53 Å². The third-order valence-corrected chi connectivity index (χ3v) is 3.13. The number of carbonyl (C=O) groups excluding carboxylic acids is 1. The number of ether oxygens (including phenoxy) is 1. The smallest absolute Gasteiger partial charge is 0.325 e. The standard InChI is InChI=1S/C11H13BrN2O2S/c1-14(6-10(15)16-2)7-3-4-8(11(13)17)9(12)5-7/h3-5H,6H2,1-2H3,(H2,13,17). The number of carbonyl (C=O) groups is 1. The van der Waals surface area contributed by atoms with Crippen LogP contribution in [0.15, 0.2) is 22.7 Å². The summed E-state index contributed by atoms with van der Waals surface area (Å²) in [7, 11) is 3.17. The molecule has 0 aliphatic heterocycles. The number of esters is 1. The molecular weight excluding hydrogens is 304 g/mol. The van der Waals surface area contributed by atoms with E-state index in [9.17, 15) is 4.79 Å². The van der Waals surface area contributed by atoms with Gasteiger partial charge in [-0.3, -0.25) is 4.79 Å². The van der Waals surface area contributed by atoms with E-state index in [2.05, 4.69) is 20.7 Å². The van der Waals surface area contributed by atoms with E-state index in [0.29, 0.717) is 4.99 Å². The monoisotopic (exact) mass is 316 g/mol. The van der Waals surface area contributed by atoms with Crippen molar-refractivity contribution >= 4 is 44.8 Å². The van der Waals surface area contributed by atoms with Gasteiger partial charge in [-0.05, 0) is 34.1 Å². The fourth-order valence-corrected chi connectivity index (χ4v) is 2.18. The summed E-state index contributed by atoms with van der Waals surface area (Å²) >= 11 is 8.30. The van der Waals surface area contributed by atoms with Gasteiger partial charge in [-0.1, -0.05) is 12.2 Å². The molecule has 1 aromatic carbocycles. The van der Waals surface area contributed by atoms with Crippen LogP contribution in [0.1, 0.15) is 5.56 Å². The molecule has 1 rings (SSSR count). The molecule has 17 heavy (non-hydrogen) atoms. The summed E-state index contributed by atoms with van der Waals surface area (Å²) in [6.07, 6.45) is 0. The summed E-state index contributed by atoms with van der Waals surface area (Å²) in [5.74, 6) is -0.290. The van der Waals surface area contributed by atoms with Crippen LogP contribution in [0.3, 0.4) is 0 Å². The molecule has 0 bridgehead atoms. The number of methoxy groups -OCH3 is 1. The summed E-state index contributed by atoms with van der Waals surface area (Å²) < 4.78 is 5.41. The fraction of sp³-hybridized carbons (Fsp3) is 0.273. The Bertz CT molecular complexity index is 451. The molecule has 0 spiro atoms. The van der Waals surface area contributed by atoms with Crippen LogP contribution < -0.4 is 10.6 Å². The zero-order valence-corrected chi connectivity index (χ0v) is 12.0. The number of anilines is 1. The average Bonchev–Trinajstić information content (AvgIpc) is 2.28. The Morgan fingerprint density at radius 2 is 2.24 bits per heavy atom. The molecule has 0 heterocycles. The maximum absolute atomic E-state index is 11.1. The van der Waals surface area contributed by atoms with Crippen molar-refractivity contribution in [1.82, 2.24) is 0 Å². The molecule has 4 nitrogen and oxygen atoms in total. The minimum atomic E-state index is -0.290. The fourth-order valence-electron chi connectivity index (χ4n) is 1.29. The normalized spacial score (nSPS) is 9.82. The molecule has 0 aliphatic carbocycles. The zero-order chi connectivity index (χ0) is 13.0. The minimum absolute atomic E-state index is 0.190. The highest BCUT2D eigenvalue weighted by molar-refractivity contribution is 9.10. The third kappa shape index (κ3) is 3.67. The predicted molar refractivity (Wildman–Crippen MR) is 75.3 cm³/mol. The summed E-state index contributed by atoms with van der Waals surface area (Å²) in [4.78, 5) is 13.2. The van der Waals surface area contributed by atoms with Crippen LogP contribution in [0.25, 0.3) is 0 Å². The topological polar surface area (TPSA) is 55.6 Å². The van der Waals surface area contributed by atoms with Crippen molar-refractivity contribution in [2.45, 2.75) is 0 Å². The number of benzene rings is 1. The summed E-state index contributed by atoms with van der Waals surface area (Å²) in [6, 6.07) is 5.52. The number of nitrogens with two attached hydrogens (primary N) is 1. The largest absolute Gasteiger partial charge is 0.468 e. The van der Waals surface area contributed by atoms with E-state index in [4.69, 9.17) is 18.0 Å². The van der Waals surface area contributed by atoms with E-state index in [0.717, 1.165) is 15.7 Å². The molecule has 0 aromatic heterocycles. The lowest BCUT2D eigenvalue weighted by atomic mass is 10.2. The van der Waals surface area contributed by atoms with E-state index >= 15 is 0 Å². The highest BCUT2D eigenvalue weighted by Crippen LogP contribution is 2.23. The SMILES string of the molecule is COC(=O)CN(C)c1ccc(C(N)=S)c(Br)c1. The van der Waals surface area contributed by atoms with Crippen molar-refractivity contribution in [2.75, 3.05) is 25.6 Å². The first kappa shape index (κ1) is 13.9. The second-order valence-corrected chi connectivity index (χ2v) is 4.75. The number of halogens is 1. The molecular formula is C11H13BrN2O2S. The first-order chi connectivity index (χ1) is 7.95. The molecule has 1 aromatic rings. The lowest BCUT2D eigenvalue weighted by Crippen LogP contribution is -2.26. The molecule has 0 fully saturated rings. The summed E-state index contributed by atoms with van der Waals surface area (Å²) in [5.41, 5.74) is 7.21. The van der Waals surface area contributed by atoms with Crippen molar-refractivity contribution in [1.29, 1.82) is 0 Å². The number of hydrogen-bond acceptors (Lipinski definition) is 4. The Morgan fingerprint density at radius 1 is 1.59 bits per heavy atom. The lowest BCUT2D eigenvalue weighted by Gasteiger charge is -2.18. The van der Waals surface area contributed by atoms with Gasteiger partial charge in [0.2, 0.25) is 0 Å². The van der Waals surface area contributed by atoms with Gasteiger partial charge in [0, 0.05) is 22.8 Å². The van der Waals surface area contributed by atoms with Crippen LogP contribution in [-0.4, -0.2) is 31.7 Å². The molecule has 92 valence electrons. The lowest BCUT2D eigenvalue weighted by molar-refractivity contribution is -0.138. The van der Waals surface area contributed by atoms with Gasteiger partial charge in [-0.15, -0.1) is 0 Å². The average molecular weight is 317 g/mol. The Morgan fingerprint density at radius 3 is 2.71 bits per heavy atom. The summed E-state index contributed by atoms with van der Waals surface area (Å²) in [6.45, 7) is 0.190. The van der Waals surface area contributed by atoms with Crippen molar-refractivity contribution in [3.05, 3.63) is 28.2 Å². The second-order valence-electron chi connectivity index (χ2n) is 3.46. The van der Waals surface area contributed by atoms with Gasteiger partial charge in [-0.2, -0.15) is 0 Å². The van der Waals surface area contributed by atoms with Crippen molar-refractivity contribution < 1.29 is 9.53 Å². The van der Waals surface area contributed by atoms with Crippen molar-refractivity contribution in [2.24, 2.45) is 5.73 Å². The Kier molecular flexibility index (Phi) is 4.89. The summed E-state index contributed by atoms with van der Waals surface area (Å²) in [5, 5.41) is 0. The maximum Gasteiger partial charge on any atom is 0.325 e. The van der Waals surface area contributed by atoms with Gasteiger partial charge in [0.15, 0.2) is 0 Å². The first-order valence-electron chi connectivity index (χ1n) is 4.83. The van der Waals surface area contributed by atoms with Crippen LogP contribution in [0, 0.1) is 0 Å². The molecule has 0 amide bonds. The van der Waals surface area contributed by atoms with Gasteiger partial charge in [0.05, 0.1) is 7.11 Å². The molecule has 0 saturated carbocycles. The first-order valence-corrected chi connectivity index (χ1v) is 6.03. The molecule has 0 radical (unpaired) electrons. The number of rotatable bonds is 4. The zero-order valence-electron chi connectivity index (χ0n) is 9.57. The van der Waals surface area contributed by atoms with Crippen LogP contribution in [0.2, 0.25) is 0 Å². The Balaban J connectivity index is 2.89. The van der Waals surface area contributed by atoms with Crippen molar-refractivity contribution in [3.63, 3.8) is 0 Å². The van der Waals surface area contributed by atoms with Crippen molar-refractivity contribution in [3.8, 4) is 0 Å². The predicted octanol–water partition coefficient (Wildman–Crippen LogP) is 1.69. The molecule has 0 unspecified atom stereocenters. The van der Waals surface area contributed by atoms with Gasteiger partial charge in [0.1, 0.15) is 11.5 Å². The highest BCUT2D eigenvalue weighted by atomic mass is 79.9. The van der Waals surface area contributed by atoms with Gasteiger partial charge >= 0.3 is 5.97 Å². The molecule has 0 saturated heterocycles. The van der Waals surface area contributed by atoms with E-state index in [1.165, 1.54) is 7.11 Å².